The molecule has 1 aromatic carbocycles. The molecule has 2 atom stereocenters. The minimum Gasteiger partial charge on any atom is -0.349 e. The van der Waals surface area contributed by atoms with Gasteiger partial charge >= 0.3 is 0 Å². The molecule has 0 radical (unpaired) electrons. The lowest BCUT2D eigenvalue weighted by molar-refractivity contribution is 0.0925. The number of hydrogen-bond donors (Lipinski definition) is 2. The lowest BCUT2D eigenvalue weighted by Crippen LogP contribution is -2.48. The van der Waals surface area contributed by atoms with E-state index in [0.717, 1.165) is 23.7 Å². The third kappa shape index (κ3) is 2.40. The van der Waals surface area contributed by atoms with Gasteiger partial charge in [-0.15, -0.1) is 0 Å². The topological polar surface area (TPSA) is 54.0 Å². The number of carbonyl (C=O) groups is 1. The van der Waals surface area contributed by atoms with Crippen LogP contribution in [0.5, 0.6) is 0 Å². The molecule has 4 heteroatoms. The highest BCUT2D eigenvalue weighted by atomic mass is 16.1. The summed E-state index contributed by atoms with van der Waals surface area (Å²) >= 11 is 0. The molecular weight excluding hydrogens is 262 g/mol. The Hall–Kier alpha value is -1.94. The van der Waals surface area contributed by atoms with Gasteiger partial charge < -0.3 is 10.6 Å². The second-order valence-electron chi connectivity index (χ2n) is 6.16. The van der Waals surface area contributed by atoms with Gasteiger partial charge in [-0.1, -0.05) is 18.2 Å². The van der Waals surface area contributed by atoms with Gasteiger partial charge in [0.2, 0.25) is 0 Å². The number of aromatic nitrogens is 1. The Morgan fingerprint density at radius 3 is 2.71 bits per heavy atom. The average molecular weight is 281 g/mol. The van der Waals surface area contributed by atoms with Crippen LogP contribution in [-0.2, 0) is 0 Å². The zero-order valence-electron chi connectivity index (χ0n) is 11.9. The van der Waals surface area contributed by atoms with E-state index in [4.69, 9.17) is 0 Å². The highest BCUT2D eigenvalue weighted by molar-refractivity contribution is 6.05. The zero-order chi connectivity index (χ0) is 14.2. The van der Waals surface area contributed by atoms with Crippen LogP contribution in [-0.4, -0.2) is 29.0 Å². The number of piperidine rings is 1. The second-order valence-corrected chi connectivity index (χ2v) is 6.16. The molecule has 2 aliphatic rings. The molecule has 0 saturated carbocycles. The number of hydrogen-bond acceptors (Lipinski definition) is 3. The van der Waals surface area contributed by atoms with Crippen molar-refractivity contribution in [3.05, 3.63) is 42.1 Å². The van der Waals surface area contributed by atoms with Crippen molar-refractivity contribution in [1.82, 2.24) is 15.6 Å². The van der Waals surface area contributed by atoms with E-state index in [1.165, 1.54) is 12.8 Å². The van der Waals surface area contributed by atoms with Crippen molar-refractivity contribution in [3.63, 3.8) is 0 Å². The van der Waals surface area contributed by atoms with Crippen molar-refractivity contribution in [2.45, 2.75) is 43.8 Å². The van der Waals surface area contributed by atoms with Crippen molar-refractivity contribution in [3.8, 4) is 0 Å². The molecule has 1 aromatic heterocycles. The highest BCUT2D eigenvalue weighted by Gasteiger charge is 2.34. The lowest BCUT2D eigenvalue weighted by Gasteiger charge is -2.29. The average Bonchev–Trinajstić information content (AvgIpc) is 2.85. The van der Waals surface area contributed by atoms with Crippen LogP contribution in [0.4, 0.5) is 0 Å². The fraction of sp³-hybridized carbons (Fsp3) is 0.412. The monoisotopic (exact) mass is 281 g/mol. The van der Waals surface area contributed by atoms with Crippen LogP contribution in [0.3, 0.4) is 0 Å². The van der Waals surface area contributed by atoms with Gasteiger partial charge in [-0.3, -0.25) is 9.78 Å². The van der Waals surface area contributed by atoms with Crippen molar-refractivity contribution >= 4 is 16.8 Å². The molecule has 21 heavy (non-hydrogen) atoms. The molecule has 2 unspecified atom stereocenters. The summed E-state index contributed by atoms with van der Waals surface area (Å²) in [6.45, 7) is 0. The van der Waals surface area contributed by atoms with E-state index in [2.05, 4.69) is 15.6 Å². The van der Waals surface area contributed by atoms with Gasteiger partial charge in [0.15, 0.2) is 0 Å². The molecule has 2 saturated heterocycles. The summed E-state index contributed by atoms with van der Waals surface area (Å²) in [6, 6.07) is 11.1. The predicted octanol–water partition coefficient (Wildman–Crippen LogP) is 2.25. The van der Waals surface area contributed by atoms with Crippen LogP contribution in [0.2, 0.25) is 0 Å². The number of amides is 1. The molecule has 2 fully saturated rings. The van der Waals surface area contributed by atoms with E-state index in [0.29, 0.717) is 17.6 Å². The van der Waals surface area contributed by atoms with Gasteiger partial charge in [-0.25, -0.2) is 0 Å². The minimum absolute atomic E-state index is 0.00519. The normalized spacial score (nSPS) is 27.7. The fourth-order valence-electron chi connectivity index (χ4n) is 3.73. The Kier molecular flexibility index (Phi) is 3.11. The summed E-state index contributed by atoms with van der Waals surface area (Å²) in [5.41, 5.74) is 1.47. The maximum absolute atomic E-state index is 12.6. The third-order valence-corrected chi connectivity index (χ3v) is 4.69. The molecule has 4 nitrogen and oxygen atoms in total. The molecule has 1 amide bonds. The maximum atomic E-state index is 12.6. The third-order valence-electron chi connectivity index (χ3n) is 4.69. The van der Waals surface area contributed by atoms with Crippen molar-refractivity contribution in [2.24, 2.45) is 0 Å². The number of pyridine rings is 1. The number of nitrogens with zero attached hydrogens (tertiary/aromatic N) is 1. The summed E-state index contributed by atoms with van der Waals surface area (Å²) in [7, 11) is 0. The van der Waals surface area contributed by atoms with Gasteiger partial charge in [0.25, 0.3) is 5.91 Å². The first-order chi connectivity index (χ1) is 10.3. The maximum Gasteiger partial charge on any atom is 0.253 e. The van der Waals surface area contributed by atoms with Crippen LogP contribution < -0.4 is 10.6 Å². The van der Waals surface area contributed by atoms with Crippen LogP contribution >= 0.6 is 0 Å². The quantitative estimate of drug-likeness (QED) is 0.887. The number of rotatable bonds is 2. The number of para-hydroxylation sites is 1. The number of fused-ring (bicyclic) bond motifs is 3. The fourth-order valence-corrected chi connectivity index (χ4v) is 3.73. The van der Waals surface area contributed by atoms with E-state index in [1.54, 1.807) is 6.20 Å². The molecule has 2 bridgehead atoms. The van der Waals surface area contributed by atoms with Gasteiger partial charge in [-0.2, -0.15) is 0 Å². The predicted molar refractivity (Wildman–Crippen MR) is 82.2 cm³/mol. The zero-order valence-corrected chi connectivity index (χ0v) is 11.9. The van der Waals surface area contributed by atoms with Gasteiger partial charge in [0.05, 0.1) is 11.1 Å². The first kappa shape index (κ1) is 12.8. The Morgan fingerprint density at radius 1 is 1.14 bits per heavy atom. The first-order valence-electron chi connectivity index (χ1n) is 7.70. The minimum atomic E-state index is 0.00519. The first-order valence-corrected chi connectivity index (χ1v) is 7.70. The van der Waals surface area contributed by atoms with Crippen LogP contribution in [0.15, 0.2) is 36.5 Å². The molecule has 3 heterocycles. The van der Waals surface area contributed by atoms with E-state index < -0.39 is 0 Å². The van der Waals surface area contributed by atoms with E-state index in [1.807, 2.05) is 30.3 Å². The summed E-state index contributed by atoms with van der Waals surface area (Å²) in [4.78, 5) is 17.0. The second kappa shape index (κ2) is 5.11. The highest BCUT2D eigenvalue weighted by Crippen LogP contribution is 2.27. The lowest BCUT2D eigenvalue weighted by atomic mass is 9.99. The Balaban J connectivity index is 1.56. The molecular formula is C17H19N3O. The summed E-state index contributed by atoms with van der Waals surface area (Å²) in [5, 5.41) is 7.82. The van der Waals surface area contributed by atoms with Crippen LogP contribution in [0.1, 0.15) is 36.0 Å². The van der Waals surface area contributed by atoms with Gasteiger partial charge in [0.1, 0.15) is 0 Å². The van der Waals surface area contributed by atoms with Crippen LogP contribution in [0, 0.1) is 0 Å². The Labute approximate surface area is 124 Å². The summed E-state index contributed by atoms with van der Waals surface area (Å²) in [5.74, 6) is 0.00519. The smallest absolute Gasteiger partial charge is 0.253 e. The molecule has 2 aliphatic heterocycles. The SMILES string of the molecule is O=C(NC1CC2CCC(C1)N2)c1cccc2cccnc12. The molecule has 0 spiro atoms. The van der Waals surface area contributed by atoms with Gasteiger partial charge in [-0.05, 0) is 37.8 Å². The van der Waals surface area contributed by atoms with E-state index in [9.17, 15) is 4.79 Å². The standard InChI is InChI=1S/C17H19N3O/c21-17(20-14-9-12-6-7-13(10-14)19-12)15-5-1-3-11-4-2-8-18-16(11)15/h1-5,8,12-14,19H,6-7,9-10H2,(H,20,21). The summed E-state index contributed by atoms with van der Waals surface area (Å²) < 4.78 is 0. The van der Waals surface area contributed by atoms with Crippen LogP contribution in [0.25, 0.3) is 10.9 Å². The largest absolute Gasteiger partial charge is 0.349 e. The Bertz CT molecular complexity index is 667. The Morgan fingerprint density at radius 2 is 1.90 bits per heavy atom. The summed E-state index contributed by atoms with van der Waals surface area (Å²) in [6.07, 6.45) is 6.31. The number of carbonyl (C=O) groups excluding carboxylic acids is 1. The molecule has 2 aromatic rings. The molecule has 2 N–H and O–H groups in total. The van der Waals surface area contributed by atoms with Gasteiger partial charge in [0, 0.05) is 29.7 Å². The van der Waals surface area contributed by atoms with E-state index in [-0.39, 0.29) is 11.9 Å². The molecule has 4 rings (SSSR count). The molecule has 0 aliphatic carbocycles. The molecule has 108 valence electrons. The van der Waals surface area contributed by atoms with E-state index >= 15 is 0 Å². The van der Waals surface area contributed by atoms with Crippen molar-refractivity contribution in [1.29, 1.82) is 0 Å². The van der Waals surface area contributed by atoms with Crippen molar-refractivity contribution < 1.29 is 4.79 Å². The number of benzene rings is 1. The number of nitrogens with one attached hydrogen (secondary N) is 2. The van der Waals surface area contributed by atoms with Crippen molar-refractivity contribution in [2.75, 3.05) is 0 Å².